The highest BCUT2D eigenvalue weighted by atomic mass is 16.5. The molecule has 6 heteroatoms. The van der Waals surface area contributed by atoms with Crippen molar-refractivity contribution in [2.75, 3.05) is 17.7 Å². The van der Waals surface area contributed by atoms with Gasteiger partial charge >= 0.3 is 0 Å². The number of aromatic nitrogens is 1. The number of ether oxygens (including phenoxy) is 1. The number of methoxy groups -OCH3 is 1. The Morgan fingerprint density at radius 3 is 2.57 bits per heavy atom. The molecule has 1 saturated carbocycles. The van der Waals surface area contributed by atoms with Gasteiger partial charge in [-0.05, 0) is 43.2 Å². The largest absolute Gasteiger partial charge is 0.480 e. The molecule has 1 aliphatic rings. The van der Waals surface area contributed by atoms with E-state index in [-0.39, 0.29) is 23.6 Å². The minimum absolute atomic E-state index is 0.0300. The van der Waals surface area contributed by atoms with Gasteiger partial charge in [0.1, 0.15) is 5.56 Å². The van der Waals surface area contributed by atoms with Gasteiger partial charge in [-0.25, -0.2) is 4.98 Å². The Labute approximate surface area is 133 Å². The summed E-state index contributed by atoms with van der Waals surface area (Å²) in [5.74, 6) is 0.110. The lowest BCUT2D eigenvalue weighted by Crippen LogP contribution is -2.15. The highest BCUT2D eigenvalue weighted by Crippen LogP contribution is 2.30. The molecule has 3 rings (SSSR count). The minimum Gasteiger partial charge on any atom is -0.480 e. The first-order valence-electron chi connectivity index (χ1n) is 7.38. The first-order valence-corrected chi connectivity index (χ1v) is 7.38. The van der Waals surface area contributed by atoms with Crippen molar-refractivity contribution in [3.8, 4) is 5.88 Å². The van der Waals surface area contributed by atoms with E-state index in [9.17, 15) is 9.59 Å². The van der Waals surface area contributed by atoms with Crippen molar-refractivity contribution in [1.82, 2.24) is 4.98 Å². The number of nitrogens with zero attached hydrogens (tertiary/aromatic N) is 1. The number of hydrogen-bond donors (Lipinski definition) is 2. The molecule has 0 radical (unpaired) electrons. The Bertz CT molecular complexity index is 741. The van der Waals surface area contributed by atoms with Gasteiger partial charge in [-0.15, -0.1) is 0 Å². The number of anilines is 2. The Balaban J connectivity index is 1.72. The molecule has 0 atom stereocenters. The summed E-state index contributed by atoms with van der Waals surface area (Å²) in [5.41, 5.74) is 1.61. The Kier molecular flexibility index (Phi) is 4.23. The van der Waals surface area contributed by atoms with Crippen molar-refractivity contribution in [2.45, 2.75) is 12.8 Å². The maximum atomic E-state index is 12.3. The average molecular weight is 311 g/mol. The number of nitrogens with one attached hydrogen (secondary N) is 2. The maximum Gasteiger partial charge on any atom is 0.261 e. The lowest BCUT2D eigenvalue weighted by molar-refractivity contribution is -0.117. The van der Waals surface area contributed by atoms with E-state index in [2.05, 4.69) is 15.6 Å². The molecular formula is C17H17N3O3. The zero-order valence-corrected chi connectivity index (χ0v) is 12.7. The number of rotatable bonds is 5. The second-order valence-corrected chi connectivity index (χ2v) is 5.36. The lowest BCUT2D eigenvalue weighted by atomic mass is 10.2. The fraction of sp³-hybridized carbons (Fsp3) is 0.235. The molecule has 118 valence electrons. The van der Waals surface area contributed by atoms with Crippen molar-refractivity contribution in [1.29, 1.82) is 0 Å². The number of amides is 2. The van der Waals surface area contributed by atoms with Crippen LogP contribution in [0.2, 0.25) is 0 Å². The van der Waals surface area contributed by atoms with E-state index in [0.717, 1.165) is 12.8 Å². The molecule has 1 aliphatic carbocycles. The summed E-state index contributed by atoms with van der Waals surface area (Å²) in [6, 6.07) is 10.4. The fourth-order valence-corrected chi connectivity index (χ4v) is 2.19. The smallest absolute Gasteiger partial charge is 0.261 e. The molecule has 0 unspecified atom stereocenters. The number of benzene rings is 1. The molecule has 2 aromatic rings. The highest BCUT2D eigenvalue weighted by molar-refractivity contribution is 6.06. The summed E-state index contributed by atoms with van der Waals surface area (Å²) in [7, 11) is 1.47. The van der Waals surface area contributed by atoms with Crippen LogP contribution >= 0.6 is 0 Å². The van der Waals surface area contributed by atoms with Gasteiger partial charge in [0.15, 0.2) is 0 Å². The normalized spacial score (nSPS) is 13.3. The first-order chi connectivity index (χ1) is 11.2. The highest BCUT2D eigenvalue weighted by Gasteiger charge is 2.29. The van der Waals surface area contributed by atoms with Crippen LogP contribution < -0.4 is 15.4 Å². The Morgan fingerprint density at radius 1 is 1.13 bits per heavy atom. The van der Waals surface area contributed by atoms with Crippen molar-refractivity contribution in [3.05, 3.63) is 48.2 Å². The van der Waals surface area contributed by atoms with E-state index < -0.39 is 0 Å². The predicted molar refractivity (Wildman–Crippen MR) is 86.5 cm³/mol. The maximum absolute atomic E-state index is 12.3. The fourth-order valence-electron chi connectivity index (χ4n) is 2.19. The molecular weight excluding hydrogens is 294 g/mol. The molecule has 1 heterocycles. The summed E-state index contributed by atoms with van der Waals surface area (Å²) in [6.07, 6.45) is 3.45. The van der Waals surface area contributed by atoms with Crippen molar-refractivity contribution >= 4 is 23.2 Å². The zero-order chi connectivity index (χ0) is 16.2. The SMILES string of the molecule is COc1ncccc1C(=O)Nc1cccc(NC(=O)C2CC2)c1. The van der Waals surface area contributed by atoms with Gasteiger partial charge in [0.2, 0.25) is 11.8 Å². The van der Waals surface area contributed by atoms with Crippen LogP contribution in [0.25, 0.3) is 0 Å². The average Bonchev–Trinajstić information content (AvgIpc) is 3.40. The third-order valence-electron chi connectivity index (χ3n) is 3.55. The molecule has 1 aromatic heterocycles. The number of hydrogen-bond acceptors (Lipinski definition) is 4. The molecule has 2 N–H and O–H groups in total. The van der Waals surface area contributed by atoms with Gasteiger partial charge in [-0.1, -0.05) is 6.07 Å². The summed E-state index contributed by atoms with van der Waals surface area (Å²) in [4.78, 5) is 28.1. The minimum atomic E-state index is -0.319. The van der Waals surface area contributed by atoms with Crippen LogP contribution in [0.3, 0.4) is 0 Å². The van der Waals surface area contributed by atoms with Gasteiger partial charge in [0, 0.05) is 23.5 Å². The van der Waals surface area contributed by atoms with Gasteiger partial charge < -0.3 is 15.4 Å². The van der Waals surface area contributed by atoms with Crippen LogP contribution in [0.1, 0.15) is 23.2 Å². The molecule has 1 fully saturated rings. The van der Waals surface area contributed by atoms with Gasteiger partial charge in [0.25, 0.3) is 5.91 Å². The zero-order valence-electron chi connectivity index (χ0n) is 12.7. The number of carbonyl (C=O) groups excluding carboxylic acids is 2. The van der Waals surface area contributed by atoms with E-state index in [1.807, 2.05) is 0 Å². The van der Waals surface area contributed by atoms with Crippen LogP contribution in [0, 0.1) is 5.92 Å². The van der Waals surface area contributed by atoms with Crippen LogP contribution in [-0.2, 0) is 4.79 Å². The van der Waals surface area contributed by atoms with Crippen molar-refractivity contribution in [2.24, 2.45) is 5.92 Å². The monoisotopic (exact) mass is 311 g/mol. The second kappa shape index (κ2) is 6.48. The van der Waals surface area contributed by atoms with E-state index in [1.54, 1.807) is 42.6 Å². The summed E-state index contributed by atoms with van der Waals surface area (Å²) in [5, 5.41) is 5.63. The first kappa shape index (κ1) is 15.0. The molecule has 23 heavy (non-hydrogen) atoms. The van der Waals surface area contributed by atoms with Crippen molar-refractivity contribution < 1.29 is 14.3 Å². The third kappa shape index (κ3) is 3.66. The lowest BCUT2D eigenvalue weighted by Gasteiger charge is -2.10. The Morgan fingerprint density at radius 2 is 1.87 bits per heavy atom. The Hall–Kier alpha value is -2.89. The van der Waals surface area contributed by atoms with E-state index in [0.29, 0.717) is 16.9 Å². The molecule has 0 aliphatic heterocycles. The van der Waals surface area contributed by atoms with Gasteiger partial charge in [-0.2, -0.15) is 0 Å². The van der Waals surface area contributed by atoms with Gasteiger partial charge in [-0.3, -0.25) is 9.59 Å². The molecule has 0 saturated heterocycles. The number of pyridine rings is 1. The second-order valence-electron chi connectivity index (χ2n) is 5.36. The van der Waals surface area contributed by atoms with Crippen molar-refractivity contribution in [3.63, 3.8) is 0 Å². The molecule has 0 bridgehead atoms. The molecule has 6 nitrogen and oxygen atoms in total. The molecule has 1 aromatic carbocycles. The van der Waals surface area contributed by atoms with E-state index in [1.165, 1.54) is 7.11 Å². The molecule has 2 amide bonds. The summed E-state index contributed by atoms with van der Waals surface area (Å²) >= 11 is 0. The molecule has 0 spiro atoms. The third-order valence-corrected chi connectivity index (χ3v) is 3.55. The summed E-state index contributed by atoms with van der Waals surface area (Å²) < 4.78 is 5.08. The number of carbonyl (C=O) groups is 2. The quantitative estimate of drug-likeness (QED) is 0.889. The van der Waals surface area contributed by atoms with E-state index >= 15 is 0 Å². The summed E-state index contributed by atoms with van der Waals surface area (Å²) in [6.45, 7) is 0. The van der Waals surface area contributed by atoms with Crippen LogP contribution in [0.15, 0.2) is 42.6 Å². The van der Waals surface area contributed by atoms with Gasteiger partial charge in [0.05, 0.1) is 7.11 Å². The van der Waals surface area contributed by atoms with Crippen LogP contribution in [-0.4, -0.2) is 23.9 Å². The standard InChI is InChI=1S/C17H17N3O3/c1-23-17-14(6-3-9-18-17)16(22)20-13-5-2-4-12(10-13)19-15(21)11-7-8-11/h2-6,9-11H,7-8H2,1H3,(H,19,21)(H,20,22). The topological polar surface area (TPSA) is 80.3 Å². The van der Waals surface area contributed by atoms with Crippen LogP contribution in [0.5, 0.6) is 5.88 Å². The van der Waals surface area contributed by atoms with E-state index in [4.69, 9.17) is 4.74 Å². The predicted octanol–water partition coefficient (Wildman–Crippen LogP) is 2.69. The van der Waals surface area contributed by atoms with Crippen LogP contribution in [0.4, 0.5) is 11.4 Å².